The number of rotatable bonds is 10. The van der Waals surface area contributed by atoms with E-state index < -0.39 is 0 Å². The first-order chi connectivity index (χ1) is 9.26. The van der Waals surface area contributed by atoms with Crippen LogP contribution in [0.15, 0.2) is 6.07 Å². The van der Waals surface area contributed by atoms with Gasteiger partial charge in [0.2, 0.25) is 0 Å². The molecule has 0 aromatic carbocycles. The van der Waals surface area contributed by atoms with Crippen LogP contribution in [0, 0.1) is 0 Å². The number of methoxy groups -OCH3 is 1. The van der Waals surface area contributed by atoms with E-state index in [2.05, 4.69) is 22.2 Å². The van der Waals surface area contributed by atoms with Crippen molar-refractivity contribution >= 4 is 11.6 Å². The minimum Gasteiger partial charge on any atom is -0.384 e. The summed E-state index contributed by atoms with van der Waals surface area (Å²) in [7, 11) is 1.62. The monoisotopic (exact) mass is 266 g/mol. The Morgan fingerprint density at radius 3 is 2.63 bits per heavy atom. The van der Waals surface area contributed by atoms with Crippen LogP contribution in [0.1, 0.15) is 51.3 Å². The molecule has 0 aliphatic carbocycles. The quantitative estimate of drug-likeness (QED) is 0.637. The molecular formula is C14H26N4O. The van der Waals surface area contributed by atoms with Gasteiger partial charge in [-0.05, 0) is 6.42 Å². The fourth-order valence-corrected chi connectivity index (χ4v) is 1.92. The second kappa shape index (κ2) is 9.55. The molecule has 0 atom stereocenters. The van der Waals surface area contributed by atoms with Crippen LogP contribution in [0.2, 0.25) is 0 Å². The topological polar surface area (TPSA) is 73.1 Å². The maximum atomic E-state index is 5.73. The van der Waals surface area contributed by atoms with Gasteiger partial charge in [0.15, 0.2) is 5.82 Å². The summed E-state index contributed by atoms with van der Waals surface area (Å²) in [6, 6.07) is 1.76. The van der Waals surface area contributed by atoms with E-state index in [-0.39, 0.29) is 0 Å². The second-order valence-electron chi connectivity index (χ2n) is 4.72. The van der Waals surface area contributed by atoms with Gasteiger partial charge in [-0.25, -0.2) is 9.97 Å². The maximum Gasteiger partial charge on any atom is 0.158 e. The van der Waals surface area contributed by atoms with Crippen LogP contribution in [-0.2, 0) is 11.3 Å². The van der Waals surface area contributed by atoms with E-state index in [1.165, 1.54) is 32.1 Å². The Kier molecular flexibility index (Phi) is 7.89. The Labute approximate surface area is 116 Å². The zero-order valence-corrected chi connectivity index (χ0v) is 12.1. The van der Waals surface area contributed by atoms with E-state index >= 15 is 0 Å². The molecule has 0 saturated carbocycles. The Morgan fingerprint density at radius 1 is 1.16 bits per heavy atom. The number of ether oxygens (including phenoxy) is 1. The highest BCUT2D eigenvalue weighted by molar-refractivity contribution is 5.44. The normalized spacial score (nSPS) is 10.6. The Balaban J connectivity index is 2.25. The first-order valence-electron chi connectivity index (χ1n) is 7.12. The molecule has 0 amide bonds. The Bertz CT molecular complexity index is 357. The van der Waals surface area contributed by atoms with E-state index in [9.17, 15) is 0 Å². The molecule has 0 saturated heterocycles. The number of nitrogens with two attached hydrogens (primary N) is 1. The molecule has 0 unspecified atom stereocenters. The van der Waals surface area contributed by atoms with Gasteiger partial charge in [-0.1, -0.05) is 39.0 Å². The van der Waals surface area contributed by atoms with Crippen molar-refractivity contribution in [1.29, 1.82) is 0 Å². The van der Waals surface area contributed by atoms with Crippen molar-refractivity contribution in [2.24, 2.45) is 0 Å². The van der Waals surface area contributed by atoms with E-state index in [0.717, 1.165) is 18.8 Å². The molecule has 0 spiro atoms. The summed E-state index contributed by atoms with van der Waals surface area (Å²) in [4.78, 5) is 8.45. The third-order valence-electron chi connectivity index (χ3n) is 2.90. The zero-order chi connectivity index (χ0) is 13.9. The fraction of sp³-hybridized carbons (Fsp3) is 0.714. The number of hydrogen-bond donors (Lipinski definition) is 2. The van der Waals surface area contributed by atoms with Gasteiger partial charge < -0.3 is 15.8 Å². The highest BCUT2D eigenvalue weighted by Gasteiger charge is 2.01. The molecule has 5 nitrogen and oxygen atoms in total. The van der Waals surface area contributed by atoms with Gasteiger partial charge in [-0.3, -0.25) is 0 Å². The molecule has 5 heteroatoms. The van der Waals surface area contributed by atoms with Crippen molar-refractivity contribution in [2.45, 2.75) is 52.1 Å². The molecule has 3 N–H and O–H groups in total. The summed E-state index contributed by atoms with van der Waals surface area (Å²) < 4.78 is 5.01. The summed E-state index contributed by atoms with van der Waals surface area (Å²) in [5, 5.41) is 3.29. The van der Waals surface area contributed by atoms with Crippen LogP contribution in [-0.4, -0.2) is 23.6 Å². The lowest BCUT2D eigenvalue weighted by Gasteiger charge is -2.08. The number of anilines is 2. The van der Waals surface area contributed by atoms with Crippen molar-refractivity contribution in [3.05, 3.63) is 11.9 Å². The third-order valence-corrected chi connectivity index (χ3v) is 2.90. The van der Waals surface area contributed by atoms with Crippen molar-refractivity contribution in [3.8, 4) is 0 Å². The number of nitrogen functional groups attached to an aromatic ring is 1. The number of aromatic nitrogens is 2. The van der Waals surface area contributed by atoms with Gasteiger partial charge in [-0.2, -0.15) is 0 Å². The predicted octanol–water partition coefficient (Wildman–Crippen LogP) is 2.98. The van der Waals surface area contributed by atoms with Gasteiger partial charge in [-0.15, -0.1) is 0 Å². The Morgan fingerprint density at radius 2 is 1.89 bits per heavy atom. The average Bonchev–Trinajstić information content (AvgIpc) is 2.37. The smallest absolute Gasteiger partial charge is 0.158 e. The van der Waals surface area contributed by atoms with E-state index in [1.807, 2.05) is 0 Å². The first-order valence-corrected chi connectivity index (χ1v) is 7.12. The molecule has 0 bridgehead atoms. The molecule has 1 rings (SSSR count). The molecule has 1 aromatic heterocycles. The van der Waals surface area contributed by atoms with Gasteiger partial charge in [0, 0.05) is 19.7 Å². The minimum absolute atomic E-state index is 0.386. The molecule has 19 heavy (non-hydrogen) atoms. The SMILES string of the molecule is CCCCCCCCNc1cc(N)nc(COC)n1. The largest absolute Gasteiger partial charge is 0.384 e. The standard InChI is InChI=1S/C14H26N4O/c1-3-4-5-6-7-8-9-16-13-10-12(15)17-14(18-13)11-19-2/h10H,3-9,11H2,1-2H3,(H3,15,16,17,18). The van der Waals surface area contributed by atoms with Gasteiger partial charge in [0.05, 0.1) is 0 Å². The zero-order valence-electron chi connectivity index (χ0n) is 12.1. The summed E-state index contributed by atoms with van der Waals surface area (Å²) in [5.74, 6) is 1.88. The lowest BCUT2D eigenvalue weighted by Crippen LogP contribution is -2.08. The van der Waals surface area contributed by atoms with Crippen LogP contribution in [0.4, 0.5) is 11.6 Å². The fourth-order valence-electron chi connectivity index (χ4n) is 1.92. The molecule has 1 heterocycles. The number of unbranched alkanes of at least 4 members (excludes halogenated alkanes) is 5. The van der Waals surface area contributed by atoms with E-state index in [4.69, 9.17) is 10.5 Å². The van der Waals surface area contributed by atoms with Gasteiger partial charge >= 0.3 is 0 Å². The number of hydrogen-bond acceptors (Lipinski definition) is 5. The van der Waals surface area contributed by atoms with Crippen LogP contribution in [0.25, 0.3) is 0 Å². The third kappa shape index (κ3) is 6.96. The molecule has 0 fully saturated rings. The van der Waals surface area contributed by atoms with Crippen LogP contribution in [0.3, 0.4) is 0 Å². The van der Waals surface area contributed by atoms with Crippen LogP contribution >= 0.6 is 0 Å². The average molecular weight is 266 g/mol. The van der Waals surface area contributed by atoms with Crippen molar-refractivity contribution in [2.75, 3.05) is 24.7 Å². The van der Waals surface area contributed by atoms with Crippen molar-refractivity contribution < 1.29 is 4.74 Å². The van der Waals surface area contributed by atoms with Gasteiger partial charge in [0.25, 0.3) is 0 Å². The van der Waals surface area contributed by atoms with Crippen molar-refractivity contribution in [3.63, 3.8) is 0 Å². The van der Waals surface area contributed by atoms with E-state index in [0.29, 0.717) is 18.2 Å². The summed E-state index contributed by atoms with van der Waals surface area (Å²) in [6.07, 6.45) is 7.72. The molecule has 108 valence electrons. The summed E-state index contributed by atoms with van der Waals surface area (Å²) >= 11 is 0. The number of nitrogens with zero attached hydrogens (tertiary/aromatic N) is 2. The summed E-state index contributed by atoms with van der Waals surface area (Å²) in [6.45, 7) is 3.55. The van der Waals surface area contributed by atoms with Crippen molar-refractivity contribution in [1.82, 2.24) is 9.97 Å². The summed E-state index contributed by atoms with van der Waals surface area (Å²) in [5.41, 5.74) is 5.73. The minimum atomic E-state index is 0.386. The highest BCUT2D eigenvalue weighted by Crippen LogP contribution is 2.10. The van der Waals surface area contributed by atoms with Crippen LogP contribution in [0.5, 0.6) is 0 Å². The predicted molar refractivity (Wildman–Crippen MR) is 79.0 cm³/mol. The molecular weight excluding hydrogens is 240 g/mol. The Hall–Kier alpha value is -1.36. The lowest BCUT2D eigenvalue weighted by molar-refractivity contribution is 0.178. The van der Waals surface area contributed by atoms with Crippen LogP contribution < -0.4 is 11.1 Å². The van der Waals surface area contributed by atoms with E-state index in [1.54, 1.807) is 13.2 Å². The van der Waals surface area contributed by atoms with Gasteiger partial charge in [0.1, 0.15) is 18.2 Å². The highest BCUT2D eigenvalue weighted by atomic mass is 16.5. The second-order valence-corrected chi connectivity index (χ2v) is 4.72. The molecule has 0 aliphatic rings. The lowest BCUT2D eigenvalue weighted by atomic mass is 10.1. The molecule has 0 radical (unpaired) electrons. The molecule has 0 aliphatic heterocycles. The first kappa shape index (κ1) is 15.7. The number of nitrogens with one attached hydrogen (secondary N) is 1. The maximum absolute atomic E-state index is 5.73. The molecule has 1 aromatic rings.